The number of aryl methyl sites for hydroxylation is 1. The zero-order chi connectivity index (χ0) is 12.5. The number of ketones is 1. The Kier molecular flexibility index (Phi) is 3.56. The van der Waals surface area contributed by atoms with Gasteiger partial charge in [0, 0.05) is 5.92 Å². The highest BCUT2D eigenvalue weighted by Crippen LogP contribution is 2.43. The Balaban J connectivity index is 1.70. The molecule has 2 fully saturated rings. The Labute approximate surface area is 114 Å². The van der Waals surface area contributed by atoms with E-state index in [1.807, 2.05) is 0 Å². The third kappa shape index (κ3) is 2.27. The maximum absolute atomic E-state index is 12.6. The molecule has 0 bridgehead atoms. The van der Waals surface area contributed by atoms with E-state index < -0.39 is 0 Å². The van der Waals surface area contributed by atoms with E-state index >= 15 is 0 Å². The molecular weight excluding hydrogens is 240 g/mol. The molecule has 3 unspecified atom stereocenters. The van der Waals surface area contributed by atoms with Crippen LogP contribution in [0.5, 0.6) is 0 Å². The molecule has 98 valence electrons. The minimum absolute atomic E-state index is 0.321. The average molecular weight is 262 g/mol. The van der Waals surface area contributed by atoms with Gasteiger partial charge < -0.3 is 0 Å². The van der Waals surface area contributed by atoms with Crippen molar-refractivity contribution >= 4 is 17.1 Å². The van der Waals surface area contributed by atoms with Crippen LogP contribution in [0.15, 0.2) is 11.4 Å². The Hall–Kier alpha value is -0.630. The van der Waals surface area contributed by atoms with Crippen LogP contribution in [-0.2, 0) is 0 Å². The van der Waals surface area contributed by atoms with Gasteiger partial charge in [-0.1, -0.05) is 25.7 Å². The molecule has 0 amide bonds. The van der Waals surface area contributed by atoms with Gasteiger partial charge in [-0.2, -0.15) is 0 Å². The van der Waals surface area contributed by atoms with Crippen LogP contribution in [-0.4, -0.2) is 5.78 Å². The predicted octanol–water partition coefficient (Wildman–Crippen LogP) is 4.85. The largest absolute Gasteiger partial charge is 0.293 e. The number of carbonyl (C=O) groups excluding carboxylic acids is 1. The highest BCUT2D eigenvalue weighted by atomic mass is 32.1. The van der Waals surface area contributed by atoms with Crippen LogP contribution in [0, 0.1) is 24.7 Å². The van der Waals surface area contributed by atoms with Crippen LogP contribution >= 0.6 is 11.3 Å². The van der Waals surface area contributed by atoms with Gasteiger partial charge in [-0.25, -0.2) is 0 Å². The maximum atomic E-state index is 12.6. The van der Waals surface area contributed by atoms with E-state index in [0.717, 1.165) is 23.1 Å². The summed E-state index contributed by atoms with van der Waals surface area (Å²) >= 11 is 1.63. The third-order valence-electron chi connectivity index (χ3n) is 5.00. The standard InChI is InChI=1S/C16H22OS/c1-11-8-9-18-16(11)15(17)14-7-6-12-4-2-3-5-13(12)10-14/h8-9,12-14H,2-7,10H2,1H3. The van der Waals surface area contributed by atoms with Crippen molar-refractivity contribution in [2.45, 2.75) is 51.9 Å². The van der Waals surface area contributed by atoms with Gasteiger partial charge in [0.2, 0.25) is 0 Å². The summed E-state index contributed by atoms with van der Waals surface area (Å²) in [6, 6.07) is 2.07. The molecule has 0 radical (unpaired) electrons. The van der Waals surface area contributed by atoms with Crippen molar-refractivity contribution in [3.05, 3.63) is 21.9 Å². The molecule has 3 atom stereocenters. The van der Waals surface area contributed by atoms with E-state index in [2.05, 4.69) is 18.4 Å². The monoisotopic (exact) mass is 262 g/mol. The minimum atomic E-state index is 0.321. The molecule has 18 heavy (non-hydrogen) atoms. The molecule has 0 N–H and O–H groups in total. The summed E-state index contributed by atoms with van der Waals surface area (Å²) < 4.78 is 0. The van der Waals surface area contributed by atoms with E-state index in [4.69, 9.17) is 0 Å². The van der Waals surface area contributed by atoms with Crippen LogP contribution < -0.4 is 0 Å². The molecular formula is C16H22OS. The second-order valence-corrected chi connectivity index (χ2v) is 7.03. The zero-order valence-electron chi connectivity index (χ0n) is 11.2. The van der Waals surface area contributed by atoms with Gasteiger partial charge in [0.1, 0.15) is 0 Å². The lowest BCUT2D eigenvalue weighted by atomic mass is 9.66. The molecule has 1 nitrogen and oxygen atoms in total. The smallest absolute Gasteiger partial charge is 0.176 e. The van der Waals surface area contributed by atoms with Crippen LogP contribution in [0.3, 0.4) is 0 Å². The highest BCUT2D eigenvalue weighted by Gasteiger charge is 2.35. The van der Waals surface area contributed by atoms with Gasteiger partial charge in [-0.15, -0.1) is 11.3 Å². The average Bonchev–Trinajstić information content (AvgIpc) is 2.83. The van der Waals surface area contributed by atoms with Crippen LogP contribution in [0.4, 0.5) is 0 Å². The van der Waals surface area contributed by atoms with Crippen LogP contribution in [0.2, 0.25) is 0 Å². The van der Waals surface area contributed by atoms with Crippen molar-refractivity contribution in [1.29, 1.82) is 0 Å². The van der Waals surface area contributed by atoms with Crippen molar-refractivity contribution in [3.63, 3.8) is 0 Å². The molecule has 1 heterocycles. The molecule has 0 aliphatic heterocycles. The molecule has 0 spiro atoms. The van der Waals surface area contributed by atoms with Crippen molar-refractivity contribution in [2.75, 3.05) is 0 Å². The van der Waals surface area contributed by atoms with Gasteiger partial charge in [-0.05, 0) is 55.0 Å². The number of hydrogen-bond acceptors (Lipinski definition) is 2. The van der Waals surface area contributed by atoms with E-state index in [-0.39, 0.29) is 0 Å². The quantitative estimate of drug-likeness (QED) is 0.697. The first-order valence-corrected chi connectivity index (χ1v) is 8.22. The fraction of sp³-hybridized carbons (Fsp3) is 0.688. The number of thiophene rings is 1. The number of hydrogen-bond donors (Lipinski definition) is 0. The van der Waals surface area contributed by atoms with E-state index in [1.54, 1.807) is 11.3 Å². The predicted molar refractivity (Wildman–Crippen MR) is 76.2 cm³/mol. The first-order valence-electron chi connectivity index (χ1n) is 7.34. The molecule has 1 aromatic rings. The summed E-state index contributed by atoms with van der Waals surface area (Å²) in [5, 5.41) is 2.05. The summed E-state index contributed by atoms with van der Waals surface area (Å²) in [6.45, 7) is 2.07. The Morgan fingerprint density at radius 1 is 1.17 bits per heavy atom. The van der Waals surface area contributed by atoms with Gasteiger partial charge in [0.05, 0.1) is 4.88 Å². The summed E-state index contributed by atoms with van der Waals surface area (Å²) in [5.74, 6) is 2.54. The maximum Gasteiger partial charge on any atom is 0.176 e. The van der Waals surface area contributed by atoms with Crippen LogP contribution in [0.25, 0.3) is 0 Å². The van der Waals surface area contributed by atoms with Gasteiger partial charge in [0.15, 0.2) is 5.78 Å². The van der Waals surface area contributed by atoms with Crippen molar-refractivity contribution in [3.8, 4) is 0 Å². The second-order valence-electron chi connectivity index (χ2n) is 6.11. The Bertz CT molecular complexity index is 434. The van der Waals surface area contributed by atoms with Gasteiger partial charge >= 0.3 is 0 Å². The van der Waals surface area contributed by atoms with Gasteiger partial charge in [-0.3, -0.25) is 4.79 Å². The molecule has 1 aromatic heterocycles. The lowest BCUT2D eigenvalue weighted by Crippen LogP contribution is -2.31. The van der Waals surface area contributed by atoms with Crippen molar-refractivity contribution in [2.24, 2.45) is 17.8 Å². The molecule has 2 saturated carbocycles. The number of carbonyl (C=O) groups is 1. The molecule has 3 rings (SSSR count). The summed E-state index contributed by atoms with van der Waals surface area (Å²) in [5.41, 5.74) is 1.18. The second kappa shape index (κ2) is 5.16. The Morgan fingerprint density at radius 3 is 2.67 bits per heavy atom. The summed E-state index contributed by atoms with van der Waals surface area (Å²) in [6.07, 6.45) is 9.20. The number of fused-ring (bicyclic) bond motifs is 1. The summed E-state index contributed by atoms with van der Waals surface area (Å²) in [4.78, 5) is 13.6. The fourth-order valence-electron chi connectivity index (χ4n) is 3.92. The lowest BCUT2D eigenvalue weighted by molar-refractivity contribution is 0.0767. The lowest BCUT2D eigenvalue weighted by Gasteiger charge is -2.38. The molecule has 0 saturated heterocycles. The zero-order valence-corrected chi connectivity index (χ0v) is 12.0. The SMILES string of the molecule is Cc1ccsc1C(=O)C1CCC2CCCCC2C1. The Morgan fingerprint density at radius 2 is 1.94 bits per heavy atom. The number of rotatable bonds is 2. The molecule has 2 aliphatic rings. The van der Waals surface area contributed by atoms with E-state index in [1.165, 1.54) is 44.1 Å². The van der Waals surface area contributed by atoms with Gasteiger partial charge in [0.25, 0.3) is 0 Å². The third-order valence-corrected chi connectivity index (χ3v) is 6.03. The van der Waals surface area contributed by atoms with E-state index in [9.17, 15) is 4.79 Å². The first-order chi connectivity index (χ1) is 8.75. The summed E-state index contributed by atoms with van der Waals surface area (Å²) in [7, 11) is 0. The number of Topliss-reactive ketones (excluding diaryl/α,β-unsaturated/α-hetero) is 1. The fourth-order valence-corrected chi connectivity index (χ4v) is 4.87. The van der Waals surface area contributed by atoms with Crippen molar-refractivity contribution in [1.82, 2.24) is 0 Å². The molecule has 2 heteroatoms. The first kappa shape index (κ1) is 12.4. The van der Waals surface area contributed by atoms with E-state index in [0.29, 0.717) is 11.7 Å². The van der Waals surface area contributed by atoms with Crippen molar-refractivity contribution < 1.29 is 4.79 Å². The molecule has 0 aromatic carbocycles. The minimum Gasteiger partial charge on any atom is -0.293 e. The van der Waals surface area contributed by atoms with Crippen LogP contribution in [0.1, 0.15) is 60.2 Å². The topological polar surface area (TPSA) is 17.1 Å². The normalized spacial score (nSPS) is 31.9. The molecule has 2 aliphatic carbocycles. The highest BCUT2D eigenvalue weighted by molar-refractivity contribution is 7.12.